The van der Waals surface area contributed by atoms with Crippen molar-refractivity contribution in [2.75, 3.05) is 7.11 Å². The van der Waals surface area contributed by atoms with Crippen molar-refractivity contribution in [3.63, 3.8) is 0 Å². The van der Waals surface area contributed by atoms with Crippen molar-refractivity contribution in [3.8, 4) is 0 Å². The molecule has 0 aliphatic heterocycles. The van der Waals surface area contributed by atoms with Crippen molar-refractivity contribution in [1.29, 1.82) is 5.41 Å². The van der Waals surface area contributed by atoms with Gasteiger partial charge >= 0.3 is 17.9 Å². The number of esters is 2. The van der Waals surface area contributed by atoms with Crippen LogP contribution in [0.25, 0.3) is 0 Å². The molecule has 0 amide bonds. The fourth-order valence-corrected chi connectivity index (χ4v) is 1.45. The maximum atomic E-state index is 11.8. The summed E-state index contributed by atoms with van der Waals surface area (Å²) < 4.78 is 9.32. The lowest BCUT2D eigenvalue weighted by Crippen LogP contribution is -2.50. The minimum Gasteiger partial charge on any atom is -0.480 e. The van der Waals surface area contributed by atoms with E-state index in [4.69, 9.17) is 10.1 Å². The van der Waals surface area contributed by atoms with Crippen molar-refractivity contribution in [3.05, 3.63) is 0 Å². The van der Waals surface area contributed by atoms with E-state index >= 15 is 0 Å². The highest BCUT2D eigenvalue weighted by Gasteiger charge is 2.53. The van der Waals surface area contributed by atoms with Crippen LogP contribution in [0.15, 0.2) is 0 Å². The van der Waals surface area contributed by atoms with Gasteiger partial charge in [-0.05, 0) is 27.2 Å². The Morgan fingerprint density at radius 3 is 1.95 bits per heavy atom. The lowest BCUT2D eigenvalue weighted by molar-refractivity contribution is -0.164. The molecule has 7 heteroatoms. The molecule has 0 bridgehead atoms. The largest absolute Gasteiger partial charge is 0.480 e. The standard InChI is InChI=1S/C12H19NO6/c1-6-12(9(15)16,10(17)18-5)7(13)8(14)19-11(2,3)4/h13H,6H2,1-5H3,(H,15,16). The van der Waals surface area contributed by atoms with Crippen LogP contribution in [-0.2, 0) is 23.9 Å². The van der Waals surface area contributed by atoms with E-state index in [0.29, 0.717) is 0 Å². The highest BCUT2D eigenvalue weighted by molar-refractivity contribution is 6.46. The zero-order valence-electron chi connectivity index (χ0n) is 11.7. The second kappa shape index (κ2) is 5.81. The summed E-state index contributed by atoms with van der Waals surface area (Å²) in [5.74, 6) is -3.93. The number of ether oxygens (including phenoxy) is 2. The van der Waals surface area contributed by atoms with Crippen molar-refractivity contribution in [1.82, 2.24) is 0 Å². The predicted octanol–water partition coefficient (Wildman–Crippen LogP) is 1.00. The quantitative estimate of drug-likeness (QED) is 0.439. The van der Waals surface area contributed by atoms with E-state index in [-0.39, 0.29) is 6.42 Å². The first-order chi connectivity index (χ1) is 8.52. The monoisotopic (exact) mass is 273 g/mol. The molecule has 0 aromatic carbocycles. The molecule has 0 aromatic rings. The summed E-state index contributed by atoms with van der Waals surface area (Å²) in [6.45, 7) is 6.10. The first kappa shape index (κ1) is 17.1. The number of carbonyl (C=O) groups excluding carboxylic acids is 2. The van der Waals surface area contributed by atoms with E-state index in [9.17, 15) is 19.5 Å². The summed E-state index contributed by atoms with van der Waals surface area (Å²) in [5.41, 5.74) is -4.17. The highest BCUT2D eigenvalue weighted by atomic mass is 16.6. The van der Waals surface area contributed by atoms with Gasteiger partial charge in [0.2, 0.25) is 5.41 Å². The Kier molecular flexibility index (Phi) is 5.23. The molecule has 1 unspecified atom stereocenters. The molecular weight excluding hydrogens is 254 g/mol. The summed E-state index contributed by atoms with van der Waals surface area (Å²) in [6.07, 6.45) is -0.285. The molecule has 0 aliphatic rings. The zero-order chi connectivity index (χ0) is 15.4. The first-order valence-corrected chi connectivity index (χ1v) is 5.67. The van der Waals surface area contributed by atoms with E-state index in [0.717, 1.165) is 7.11 Å². The van der Waals surface area contributed by atoms with Gasteiger partial charge in [0.25, 0.3) is 0 Å². The Balaban J connectivity index is 5.53. The van der Waals surface area contributed by atoms with Crippen LogP contribution in [-0.4, -0.2) is 41.4 Å². The van der Waals surface area contributed by atoms with Crippen molar-refractivity contribution in [2.45, 2.75) is 39.7 Å². The molecule has 0 fully saturated rings. The molecule has 0 rings (SSSR count). The van der Waals surface area contributed by atoms with Crippen LogP contribution >= 0.6 is 0 Å². The van der Waals surface area contributed by atoms with Crippen LogP contribution in [0.3, 0.4) is 0 Å². The van der Waals surface area contributed by atoms with Gasteiger partial charge in [0.05, 0.1) is 7.11 Å². The molecule has 7 nitrogen and oxygen atoms in total. The number of aliphatic carboxylic acids is 1. The Labute approximate surface area is 111 Å². The van der Waals surface area contributed by atoms with Gasteiger partial charge in [-0.2, -0.15) is 0 Å². The Morgan fingerprint density at radius 2 is 1.68 bits per heavy atom. The number of carbonyl (C=O) groups is 3. The third-order valence-electron chi connectivity index (χ3n) is 2.46. The van der Waals surface area contributed by atoms with Crippen LogP contribution in [0.2, 0.25) is 0 Å². The Morgan fingerprint density at radius 1 is 1.21 bits per heavy atom. The fourth-order valence-electron chi connectivity index (χ4n) is 1.45. The van der Waals surface area contributed by atoms with Crippen molar-refractivity contribution in [2.24, 2.45) is 5.41 Å². The average Bonchev–Trinajstić information content (AvgIpc) is 2.27. The molecule has 19 heavy (non-hydrogen) atoms. The molecule has 2 N–H and O–H groups in total. The topological polar surface area (TPSA) is 114 Å². The number of carboxylic acids is 1. The number of methoxy groups -OCH3 is 1. The lowest BCUT2D eigenvalue weighted by Gasteiger charge is -2.27. The third-order valence-corrected chi connectivity index (χ3v) is 2.46. The summed E-state index contributed by atoms with van der Waals surface area (Å²) in [7, 11) is 0.998. The maximum absolute atomic E-state index is 11.8. The molecule has 0 aliphatic carbocycles. The number of hydrogen-bond donors (Lipinski definition) is 2. The van der Waals surface area contributed by atoms with Crippen molar-refractivity contribution >= 4 is 23.6 Å². The van der Waals surface area contributed by atoms with Gasteiger partial charge in [-0.3, -0.25) is 15.0 Å². The van der Waals surface area contributed by atoms with Crippen molar-refractivity contribution < 1.29 is 29.0 Å². The molecule has 108 valence electrons. The first-order valence-electron chi connectivity index (χ1n) is 5.67. The number of nitrogens with one attached hydrogen (secondary N) is 1. The minimum atomic E-state index is -2.34. The molecule has 1 atom stereocenters. The summed E-state index contributed by atoms with van der Waals surface area (Å²) in [4.78, 5) is 34.8. The van der Waals surface area contributed by atoms with Crippen LogP contribution in [0.1, 0.15) is 34.1 Å². The Bertz CT molecular complexity index is 409. The SMILES string of the molecule is CCC(C(=N)C(=O)OC(C)(C)C)(C(=O)O)C(=O)OC. The maximum Gasteiger partial charge on any atom is 0.354 e. The normalized spacial score (nSPS) is 14.2. The minimum absolute atomic E-state index is 0.285. The molecule has 0 aromatic heterocycles. The number of carboxylic acid groups (broad SMARTS) is 1. The van der Waals surface area contributed by atoms with E-state index in [1.807, 2.05) is 0 Å². The van der Waals surface area contributed by atoms with Gasteiger partial charge in [-0.25, -0.2) is 4.79 Å². The zero-order valence-corrected chi connectivity index (χ0v) is 11.7. The van der Waals surface area contributed by atoms with Gasteiger partial charge in [-0.15, -0.1) is 0 Å². The molecule has 0 saturated heterocycles. The number of rotatable bonds is 5. The summed E-state index contributed by atoms with van der Waals surface area (Å²) in [6, 6.07) is 0. The van der Waals surface area contributed by atoms with Crippen LogP contribution in [0.4, 0.5) is 0 Å². The molecular formula is C12H19NO6. The lowest BCUT2D eigenvalue weighted by atomic mass is 9.80. The molecule has 0 spiro atoms. The van der Waals surface area contributed by atoms with E-state index in [2.05, 4.69) is 4.74 Å². The van der Waals surface area contributed by atoms with Gasteiger partial charge < -0.3 is 14.6 Å². The van der Waals surface area contributed by atoms with Gasteiger partial charge in [-0.1, -0.05) is 6.92 Å². The molecule has 0 radical (unpaired) electrons. The third kappa shape index (κ3) is 3.52. The van der Waals surface area contributed by atoms with Crippen LogP contribution < -0.4 is 0 Å². The van der Waals surface area contributed by atoms with Gasteiger partial charge in [0, 0.05) is 0 Å². The van der Waals surface area contributed by atoms with E-state index in [1.165, 1.54) is 6.92 Å². The molecule has 0 saturated carbocycles. The average molecular weight is 273 g/mol. The van der Waals surface area contributed by atoms with E-state index in [1.54, 1.807) is 20.8 Å². The Hall–Kier alpha value is -1.92. The second-order valence-electron chi connectivity index (χ2n) is 4.93. The summed E-state index contributed by atoms with van der Waals surface area (Å²) >= 11 is 0. The summed E-state index contributed by atoms with van der Waals surface area (Å²) in [5, 5.41) is 16.9. The van der Waals surface area contributed by atoms with Gasteiger partial charge in [0.15, 0.2) is 0 Å². The number of hydrogen-bond acceptors (Lipinski definition) is 6. The van der Waals surface area contributed by atoms with Crippen LogP contribution in [0.5, 0.6) is 0 Å². The van der Waals surface area contributed by atoms with Crippen LogP contribution in [0, 0.1) is 10.8 Å². The fraction of sp³-hybridized carbons (Fsp3) is 0.667. The molecule has 0 heterocycles. The van der Waals surface area contributed by atoms with E-state index < -0.39 is 34.6 Å². The second-order valence-corrected chi connectivity index (χ2v) is 4.93. The highest BCUT2D eigenvalue weighted by Crippen LogP contribution is 2.27. The smallest absolute Gasteiger partial charge is 0.354 e. The van der Waals surface area contributed by atoms with Gasteiger partial charge in [0.1, 0.15) is 11.3 Å². The predicted molar refractivity (Wildman–Crippen MR) is 65.9 cm³/mol.